The van der Waals surface area contributed by atoms with E-state index in [2.05, 4.69) is 18.4 Å². The molecule has 0 bridgehead atoms. The maximum atomic E-state index is 10.4. The van der Waals surface area contributed by atoms with Crippen LogP contribution < -0.4 is 9.47 Å². The smallest absolute Gasteiger partial charge is 0.316 e. The van der Waals surface area contributed by atoms with E-state index in [0.717, 1.165) is 5.56 Å². The van der Waals surface area contributed by atoms with Crippen LogP contribution in [0, 0.1) is 0 Å². The highest BCUT2D eigenvalue weighted by Crippen LogP contribution is 2.28. The molecule has 0 aliphatic carbocycles. The predicted octanol–water partition coefficient (Wildman–Crippen LogP) is 3.41. The Morgan fingerprint density at radius 2 is 1.68 bits per heavy atom. The van der Waals surface area contributed by atoms with Crippen molar-refractivity contribution in [1.82, 2.24) is 0 Å². The fourth-order valence-corrected chi connectivity index (χ4v) is 1.41. The third kappa shape index (κ3) is 7.88. The maximum Gasteiger partial charge on any atom is 0.316 e. The van der Waals surface area contributed by atoms with Crippen molar-refractivity contribution in [2.75, 3.05) is 14.2 Å². The molecule has 0 aliphatic rings. The molecule has 0 aliphatic heterocycles. The van der Waals surface area contributed by atoms with E-state index in [0.29, 0.717) is 11.5 Å². The van der Waals surface area contributed by atoms with Crippen molar-refractivity contribution >= 4 is 8.25 Å². The summed E-state index contributed by atoms with van der Waals surface area (Å²) in [6.07, 6.45) is 2.64. The first-order valence-electron chi connectivity index (χ1n) is 6.15. The Morgan fingerprint density at radius 3 is 2.11 bits per heavy atom. The second-order valence-electron chi connectivity index (χ2n) is 3.74. The van der Waals surface area contributed by atoms with E-state index in [1.165, 1.54) is 20.0 Å². The first-order chi connectivity index (χ1) is 9.08. The van der Waals surface area contributed by atoms with E-state index in [1.54, 1.807) is 25.3 Å². The molecule has 19 heavy (non-hydrogen) atoms. The number of hydrogen-bond acceptors (Lipinski definition) is 4. The molecule has 0 saturated carbocycles. The molecule has 6 heteroatoms. The summed E-state index contributed by atoms with van der Waals surface area (Å²) in [6.45, 7) is 4.44. The van der Waals surface area contributed by atoms with Gasteiger partial charge in [0.2, 0.25) is 0 Å². The van der Waals surface area contributed by atoms with Crippen molar-refractivity contribution in [1.29, 1.82) is 0 Å². The lowest BCUT2D eigenvalue weighted by Gasteiger charge is -2.09. The van der Waals surface area contributed by atoms with Gasteiger partial charge in [-0.05, 0) is 17.7 Å². The molecule has 1 aromatic carbocycles. The van der Waals surface area contributed by atoms with Crippen LogP contribution in [-0.2, 0) is 15.7 Å². The molecule has 5 nitrogen and oxygen atoms in total. The maximum absolute atomic E-state index is 10.4. The quantitative estimate of drug-likeness (QED) is 0.813. The number of methoxy groups -OCH3 is 2. The Morgan fingerprint density at radius 1 is 1.11 bits per heavy atom. The summed E-state index contributed by atoms with van der Waals surface area (Å²) in [5.74, 6) is 1.18. The number of benzene rings is 1. The third-order valence-corrected chi connectivity index (χ3v) is 2.70. The van der Waals surface area contributed by atoms with E-state index in [1.807, 2.05) is 0 Å². The molecule has 1 rings (SSSR count). The van der Waals surface area contributed by atoms with Crippen molar-refractivity contribution in [3.05, 3.63) is 23.8 Å². The summed E-state index contributed by atoms with van der Waals surface area (Å²) < 4.78 is 25.1. The largest absolute Gasteiger partial charge is 0.493 e. The summed E-state index contributed by atoms with van der Waals surface area (Å²) in [5.41, 5.74) is 0.750. The van der Waals surface area contributed by atoms with E-state index in [9.17, 15) is 4.57 Å². The highest BCUT2D eigenvalue weighted by Gasteiger charge is 2.04. The zero-order chi connectivity index (χ0) is 14.7. The van der Waals surface area contributed by atoms with E-state index in [-0.39, 0.29) is 6.61 Å². The van der Waals surface area contributed by atoms with Gasteiger partial charge in [-0.15, -0.1) is 0 Å². The van der Waals surface area contributed by atoms with Gasteiger partial charge in [-0.3, -0.25) is 4.57 Å². The van der Waals surface area contributed by atoms with E-state index >= 15 is 0 Å². The summed E-state index contributed by atoms with van der Waals surface area (Å²) in [6, 6.07) is 5.15. The van der Waals surface area contributed by atoms with Crippen molar-refractivity contribution in [2.45, 2.75) is 33.3 Å². The number of ether oxygens (including phenoxy) is 2. The van der Waals surface area contributed by atoms with Gasteiger partial charge in [0.1, 0.15) is 0 Å². The lowest BCUT2D eigenvalue weighted by atomic mass is 10.2. The molecule has 0 amide bonds. The molecule has 0 fully saturated rings. The molecule has 1 N–H and O–H groups in total. The molecule has 0 spiro atoms. The average Bonchev–Trinajstić information content (AvgIpc) is 2.44. The lowest BCUT2D eigenvalue weighted by Crippen LogP contribution is -1.93. The van der Waals surface area contributed by atoms with Gasteiger partial charge in [0, 0.05) is 0 Å². The van der Waals surface area contributed by atoms with Crippen LogP contribution in [0.15, 0.2) is 18.2 Å². The fraction of sp³-hybridized carbons (Fsp3) is 0.538. The fourth-order valence-electron chi connectivity index (χ4n) is 1.12. The molecule has 1 aromatic rings. The summed E-state index contributed by atoms with van der Waals surface area (Å²) in [7, 11) is 0.178. The molecular weight excluding hydrogens is 267 g/mol. The average molecular weight is 290 g/mol. The van der Waals surface area contributed by atoms with Crippen LogP contribution in [0.1, 0.15) is 32.3 Å². The van der Waals surface area contributed by atoms with Gasteiger partial charge in [-0.1, -0.05) is 32.8 Å². The zero-order valence-corrected chi connectivity index (χ0v) is 12.9. The predicted molar refractivity (Wildman–Crippen MR) is 76.1 cm³/mol. The van der Waals surface area contributed by atoms with Crippen molar-refractivity contribution in [2.24, 2.45) is 0 Å². The Balaban J connectivity index is 0.000000711. The van der Waals surface area contributed by atoms with Crippen LogP contribution in [0.4, 0.5) is 0 Å². The van der Waals surface area contributed by atoms with Gasteiger partial charge < -0.3 is 18.9 Å². The van der Waals surface area contributed by atoms with Crippen LogP contribution in [0.5, 0.6) is 11.5 Å². The van der Waals surface area contributed by atoms with Crippen LogP contribution in [0.3, 0.4) is 0 Å². The molecule has 0 radical (unpaired) electrons. The van der Waals surface area contributed by atoms with Crippen LogP contribution in [0.2, 0.25) is 0 Å². The minimum atomic E-state index is -2.89. The van der Waals surface area contributed by atoms with Crippen molar-refractivity contribution in [3.8, 4) is 11.5 Å². The van der Waals surface area contributed by atoms with Crippen molar-refractivity contribution in [3.63, 3.8) is 0 Å². The molecular formula is C13H23O5P. The number of rotatable bonds is 6. The van der Waals surface area contributed by atoms with Gasteiger partial charge in [0.05, 0.1) is 20.8 Å². The third-order valence-electron chi connectivity index (χ3n) is 2.31. The van der Waals surface area contributed by atoms with Crippen LogP contribution in [-0.4, -0.2) is 19.1 Å². The van der Waals surface area contributed by atoms with Crippen LogP contribution in [0.25, 0.3) is 0 Å². The van der Waals surface area contributed by atoms with Gasteiger partial charge in [0.25, 0.3) is 0 Å². The SMILES string of the molecule is CCCC.COc1ccc(CO[PH](=O)O)cc1OC. The lowest BCUT2D eigenvalue weighted by molar-refractivity contribution is 0.271. The normalized spacial score (nSPS) is 11.2. The summed E-state index contributed by atoms with van der Waals surface area (Å²) in [4.78, 5) is 8.51. The summed E-state index contributed by atoms with van der Waals surface area (Å²) in [5, 5.41) is 0. The number of hydrogen-bond donors (Lipinski definition) is 1. The molecule has 1 atom stereocenters. The second-order valence-corrected chi connectivity index (χ2v) is 4.56. The minimum Gasteiger partial charge on any atom is -0.493 e. The molecule has 0 saturated heterocycles. The van der Waals surface area contributed by atoms with E-state index < -0.39 is 8.25 Å². The highest BCUT2D eigenvalue weighted by molar-refractivity contribution is 7.32. The van der Waals surface area contributed by atoms with E-state index in [4.69, 9.17) is 14.4 Å². The molecule has 0 aromatic heterocycles. The first kappa shape index (κ1) is 18.0. The van der Waals surface area contributed by atoms with Crippen molar-refractivity contribution < 1.29 is 23.5 Å². The Labute approximate surface area is 115 Å². The Hall–Kier alpha value is -1.03. The minimum absolute atomic E-state index is 0.0780. The van der Waals surface area contributed by atoms with Crippen LogP contribution >= 0.6 is 8.25 Å². The molecule has 1 unspecified atom stereocenters. The molecule has 0 heterocycles. The van der Waals surface area contributed by atoms with Gasteiger partial charge in [-0.25, -0.2) is 0 Å². The molecule has 110 valence electrons. The topological polar surface area (TPSA) is 65.0 Å². The standard InChI is InChI=1S/C9H13O5P.C4H10/c1-12-8-4-3-7(5-9(8)13-2)6-14-15(10)11;1-3-4-2/h3-5,15H,6H2,1-2H3,(H,10,11);3-4H2,1-2H3. The summed E-state index contributed by atoms with van der Waals surface area (Å²) >= 11 is 0. The van der Waals surface area contributed by atoms with Gasteiger partial charge in [-0.2, -0.15) is 0 Å². The first-order valence-corrected chi connectivity index (χ1v) is 7.41. The second kappa shape index (κ2) is 10.9. The van der Waals surface area contributed by atoms with Gasteiger partial charge >= 0.3 is 8.25 Å². The monoisotopic (exact) mass is 290 g/mol. The zero-order valence-electron chi connectivity index (χ0n) is 11.9. The van der Waals surface area contributed by atoms with Gasteiger partial charge in [0.15, 0.2) is 11.5 Å². The highest BCUT2D eigenvalue weighted by atomic mass is 31.1. The number of unbranched alkanes of at least 4 members (excludes halogenated alkanes) is 1. The Bertz CT molecular complexity index is 379. The Kier molecular flexibility index (Phi) is 10.3.